The van der Waals surface area contributed by atoms with E-state index >= 15 is 0 Å². The maximum Gasteiger partial charge on any atom is 0.417 e. The fourth-order valence-electron chi connectivity index (χ4n) is 2.47. The molecule has 2 aromatic heterocycles. The Labute approximate surface area is 117 Å². The first-order valence-electron chi connectivity index (χ1n) is 6.23. The zero-order valence-electron chi connectivity index (χ0n) is 11.0. The Morgan fingerprint density at radius 1 is 1.14 bits per heavy atom. The summed E-state index contributed by atoms with van der Waals surface area (Å²) >= 11 is 0. The van der Waals surface area contributed by atoms with E-state index in [1.165, 1.54) is 4.57 Å². The minimum atomic E-state index is -4.59. The monoisotopic (exact) mass is 292 g/mol. The van der Waals surface area contributed by atoms with Crippen LogP contribution < -0.4 is 5.56 Å². The molecule has 0 atom stereocenters. The number of nitrogens with zero attached hydrogens (tertiary/aromatic N) is 1. The molecule has 3 rings (SSSR count). The van der Waals surface area contributed by atoms with Crippen molar-refractivity contribution in [2.45, 2.75) is 6.18 Å². The summed E-state index contributed by atoms with van der Waals surface area (Å²) < 4.78 is 41.2. The van der Waals surface area contributed by atoms with Crippen LogP contribution in [0.4, 0.5) is 13.2 Å². The quantitative estimate of drug-likeness (QED) is 0.731. The molecule has 0 fully saturated rings. The second-order valence-electron chi connectivity index (χ2n) is 4.79. The normalized spacial score (nSPS) is 12.0. The van der Waals surface area contributed by atoms with Crippen molar-refractivity contribution in [3.8, 4) is 11.1 Å². The number of fused-ring (bicyclic) bond motifs is 1. The van der Waals surface area contributed by atoms with Crippen molar-refractivity contribution in [3.05, 3.63) is 58.5 Å². The predicted molar refractivity (Wildman–Crippen MR) is 74.0 cm³/mol. The molecule has 6 heteroatoms. The number of halogens is 3. The number of aromatic nitrogens is 2. The van der Waals surface area contributed by atoms with Crippen LogP contribution in [0.1, 0.15) is 5.56 Å². The zero-order chi connectivity index (χ0) is 15.2. The summed E-state index contributed by atoms with van der Waals surface area (Å²) in [5.41, 5.74) is -0.414. The standard InChI is InChI=1S/C15H11F3N2O/c1-20-8-10(9-5-3-2-4-6-9)13-11(15(16,17)18)7-12(21)19-14(13)20/h2-8H,1H3,(H,19,21). The molecule has 0 saturated heterocycles. The van der Waals surface area contributed by atoms with Crippen LogP contribution in [-0.2, 0) is 13.2 Å². The first kappa shape index (κ1) is 13.5. The van der Waals surface area contributed by atoms with Gasteiger partial charge in [0.05, 0.1) is 5.56 Å². The van der Waals surface area contributed by atoms with Crippen LogP contribution in [-0.4, -0.2) is 9.55 Å². The molecular weight excluding hydrogens is 281 g/mol. The van der Waals surface area contributed by atoms with Crippen molar-refractivity contribution in [2.24, 2.45) is 7.05 Å². The Kier molecular flexibility index (Phi) is 2.90. The highest BCUT2D eigenvalue weighted by atomic mass is 19.4. The molecular formula is C15H11F3N2O. The van der Waals surface area contributed by atoms with Crippen molar-refractivity contribution in [3.63, 3.8) is 0 Å². The van der Waals surface area contributed by atoms with Crippen molar-refractivity contribution in [2.75, 3.05) is 0 Å². The molecule has 3 nitrogen and oxygen atoms in total. The van der Waals surface area contributed by atoms with Gasteiger partial charge < -0.3 is 9.55 Å². The topological polar surface area (TPSA) is 37.8 Å². The Hall–Kier alpha value is -2.50. The van der Waals surface area contributed by atoms with Crippen LogP contribution in [0, 0.1) is 0 Å². The van der Waals surface area contributed by atoms with Crippen molar-refractivity contribution in [1.82, 2.24) is 9.55 Å². The lowest BCUT2D eigenvalue weighted by atomic mass is 10.0. The Morgan fingerprint density at radius 3 is 2.43 bits per heavy atom. The molecule has 0 radical (unpaired) electrons. The van der Waals surface area contributed by atoms with Gasteiger partial charge in [0.1, 0.15) is 5.65 Å². The van der Waals surface area contributed by atoms with Gasteiger partial charge in [-0.2, -0.15) is 13.2 Å². The van der Waals surface area contributed by atoms with E-state index in [0.29, 0.717) is 17.2 Å². The first-order valence-corrected chi connectivity index (χ1v) is 6.23. The molecule has 1 N–H and O–H groups in total. The fraction of sp³-hybridized carbons (Fsp3) is 0.133. The second-order valence-corrected chi connectivity index (χ2v) is 4.79. The van der Waals surface area contributed by atoms with E-state index in [0.717, 1.165) is 0 Å². The smallest absolute Gasteiger partial charge is 0.336 e. The number of pyridine rings is 1. The molecule has 0 aliphatic rings. The molecule has 0 unspecified atom stereocenters. The van der Waals surface area contributed by atoms with Gasteiger partial charge in [-0.05, 0) is 5.56 Å². The average molecular weight is 292 g/mol. The summed E-state index contributed by atoms with van der Waals surface area (Å²) in [6.07, 6.45) is -3.00. The number of aromatic amines is 1. The molecule has 21 heavy (non-hydrogen) atoms. The van der Waals surface area contributed by atoms with Gasteiger partial charge in [0, 0.05) is 30.3 Å². The lowest BCUT2D eigenvalue weighted by molar-refractivity contribution is -0.136. The first-order chi connectivity index (χ1) is 9.88. The molecule has 1 aromatic carbocycles. The summed E-state index contributed by atoms with van der Waals surface area (Å²) in [7, 11) is 1.60. The van der Waals surface area contributed by atoms with E-state index < -0.39 is 17.3 Å². The van der Waals surface area contributed by atoms with Crippen LogP contribution >= 0.6 is 0 Å². The van der Waals surface area contributed by atoms with Gasteiger partial charge in [0.2, 0.25) is 5.56 Å². The predicted octanol–water partition coefficient (Wildman–Crippen LogP) is 3.55. The second kappa shape index (κ2) is 4.51. The van der Waals surface area contributed by atoms with Crippen LogP contribution in [0.3, 0.4) is 0 Å². The number of hydrogen-bond acceptors (Lipinski definition) is 1. The fourth-order valence-corrected chi connectivity index (χ4v) is 2.47. The Balaban J connectivity index is 2.46. The van der Waals surface area contributed by atoms with Crippen molar-refractivity contribution >= 4 is 11.0 Å². The highest BCUT2D eigenvalue weighted by Crippen LogP contribution is 2.38. The van der Waals surface area contributed by atoms with Gasteiger partial charge in [-0.1, -0.05) is 30.3 Å². The Morgan fingerprint density at radius 2 is 1.81 bits per heavy atom. The van der Waals surface area contributed by atoms with Gasteiger partial charge in [0.15, 0.2) is 0 Å². The molecule has 2 heterocycles. The molecule has 0 amide bonds. The summed E-state index contributed by atoms with van der Waals surface area (Å²) in [6, 6.07) is 9.39. The van der Waals surface area contributed by atoms with Crippen LogP contribution in [0.15, 0.2) is 47.4 Å². The largest absolute Gasteiger partial charge is 0.417 e. The van der Waals surface area contributed by atoms with Crippen LogP contribution in [0.5, 0.6) is 0 Å². The van der Waals surface area contributed by atoms with Gasteiger partial charge >= 0.3 is 6.18 Å². The number of alkyl halides is 3. The lowest BCUT2D eigenvalue weighted by Crippen LogP contribution is -2.14. The number of benzene rings is 1. The Bertz CT molecular complexity index is 860. The average Bonchev–Trinajstić information content (AvgIpc) is 2.75. The maximum atomic E-state index is 13.2. The van der Waals surface area contributed by atoms with Crippen molar-refractivity contribution < 1.29 is 13.2 Å². The molecule has 0 bridgehead atoms. The van der Waals surface area contributed by atoms with Crippen LogP contribution in [0.25, 0.3) is 22.2 Å². The summed E-state index contributed by atoms with van der Waals surface area (Å²) in [4.78, 5) is 13.9. The minimum absolute atomic E-state index is 0.0100. The van der Waals surface area contributed by atoms with Gasteiger partial charge in [-0.3, -0.25) is 4.79 Å². The van der Waals surface area contributed by atoms with E-state index in [2.05, 4.69) is 4.98 Å². The van der Waals surface area contributed by atoms with E-state index in [9.17, 15) is 18.0 Å². The molecule has 0 aliphatic heterocycles. The highest BCUT2D eigenvalue weighted by molar-refractivity contribution is 5.96. The number of aryl methyl sites for hydroxylation is 1. The van der Waals surface area contributed by atoms with Crippen LogP contribution in [0.2, 0.25) is 0 Å². The third kappa shape index (κ3) is 2.22. The van der Waals surface area contributed by atoms with E-state index in [4.69, 9.17) is 0 Å². The third-order valence-corrected chi connectivity index (χ3v) is 3.36. The zero-order valence-corrected chi connectivity index (χ0v) is 11.0. The van der Waals surface area contributed by atoms with E-state index in [-0.39, 0.29) is 11.0 Å². The number of H-pyrrole nitrogens is 1. The van der Waals surface area contributed by atoms with E-state index in [1.54, 1.807) is 43.6 Å². The summed E-state index contributed by atoms with van der Waals surface area (Å²) in [5.74, 6) is 0. The molecule has 3 aromatic rings. The summed E-state index contributed by atoms with van der Waals surface area (Å²) in [6.45, 7) is 0. The summed E-state index contributed by atoms with van der Waals surface area (Å²) in [5, 5.41) is 0.0100. The SMILES string of the molecule is Cn1cc(-c2ccccc2)c2c(C(F)(F)F)cc(=O)[nH]c21. The van der Waals surface area contributed by atoms with Gasteiger partial charge in [-0.25, -0.2) is 0 Å². The van der Waals surface area contributed by atoms with E-state index in [1.807, 2.05) is 0 Å². The maximum absolute atomic E-state index is 13.2. The number of hydrogen-bond donors (Lipinski definition) is 1. The molecule has 0 aliphatic carbocycles. The number of rotatable bonds is 1. The number of nitrogens with one attached hydrogen (secondary N) is 1. The molecule has 0 saturated carbocycles. The highest BCUT2D eigenvalue weighted by Gasteiger charge is 2.35. The van der Waals surface area contributed by atoms with Gasteiger partial charge in [0.25, 0.3) is 0 Å². The molecule has 108 valence electrons. The van der Waals surface area contributed by atoms with Crippen molar-refractivity contribution in [1.29, 1.82) is 0 Å². The third-order valence-electron chi connectivity index (χ3n) is 3.36. The molecule has 0 spiro atoms. The van der Waals surface area contributed by atoms with Gasteiger partial charge in [-0.15, -0.1) is 0 Å². The lowest BCUT2D eigenvalue weighted by Gasteiger charge is -2.09. The minimum Gasteiger partial charge on any atom is -0.336 e.